The molecule has 1 aromatic carbocycles. The molecule has 1 aliphatic heterocycles. The molecule has 0 aliphatic carbocycles. The van der Waals surface area contributed by atoms with Crippen molar-refractivity contribution >= 4 is 28.9 Å². The second-order valence-electron chi connectivity index (χ2n) is 6.36. The smallest absolute Gasteiger partial charge is 0.338 e. The Morgan fingerprint density at radius 1 is 1.22 bits per heavy atom. The van der Waals surface area contributed by atoms with Crippen LogP contribution in [0.3, 0.4) is 0 Å². The number of carbonyl (C=O) groups is 1. The van der Waals surface area contributed by atoms with E-state index in [0.717, 1.165) is 19.0 Å². The minimum atomic E-state index is -4.71. The molecule has 0 aromatic heterocycles. The molecular weight excluding hydrogens is 381 g/mol. The molecule has 1 saturated heterocycles. The maximum Gasteiger partial charge on any atom is 0.435 e. The van der Waals surface area contributed by atoms with Crippen molar-refractivity contribution in [2.45, 2.75) is 19.5 Å². The summed E-state index contributed by atoms with van der Waals surface area (Å²) >= 11 is 5.91. The number of carbonyl (C=O) groups excluding carboxylic acids is 1. The lowest BCUT2D eigenvalue weighted by molar-refractivity contribution is -0.126. The molecule has 9 heteroatoms. The van der Waals surface area contributed by atoms with E-state index < -0.39 is 17.8 Å². The highest BCUT2D eigenvalue weighted by Gasteiger charge is 2.35. The van der Waals surface area contributed by atoms with Crippen molar-refractivity contribution in [1.29, 1.82) is 0 Å². The topological polar surface area (TPSA) is 47.9 Å². The van der Waals surface area contributed by atoms with Gasteiger partial charge < -0.3 is 9.80 Å². The number of hydrogen-bond donors (Lipinski definition) is 1. The van der Waals surface area contributed by atoms with Crippen molar-refractivity contribution in [1.82, 2.24) is 9.80 Å². The van der Waals surface area contributed by atoms with E-state index in [-0.39, 0.29) is 16.3 Å². The largest absolute Gasteiger partial charge is 0.435 e. The summed E-state index contributed by atoms with van der Waals surface area (Å²) in [6.45, 7) is 3.91. The monoisotopic (exact) mass is 402 g/mol. The minimum absolute atomic E-state index is 0.0170. The first-order chi connectivity index (χ1) is 12.7. The molecule has 0 atom stereocenters. The molecule has 1 amide bonds. The molecule has 0 bridgehead atoms. The third-order valence-corrected chi connectivity index (χ3v) is 4.49. The van der Waals surface area contributed by atoms with E-state index in [1.54, 1.807) is 17.0 Å². The van der Waals surface area contributed by atoms with Crippen LogP contribution < -0.4 is 5.43 Å². The lowest BCUT2D eigenvalue weighted by Crippen LogP contribution is -2.35. The molecule has 0 spiro atoms. The highest BCUT2D eigenvalue weighted by atomic mass is 35.5. The van der Waals surface area contributed by atoms with Gasteiger partial charge in [-0.3, -0.25) is 10.2 Å². The predicted octanol–water partition coefficient (Wildman–Crippen LogP) is 3.78. The second kappa shape index (κ2) is 9.23. The van der Waals surface area contributed by atoms with Gasteiger partial charge in [-0.05, 0) is 45.1 Å². The quantitative estimate of drug-likeness (QED) is 0.473. The lowest BCUT2D eigenvalue weighted by Gasteiger charge is -2.21. The number of hydrazone groups is 1. The van der Waals surface area contributed by atoms with E-state index in [2.05, 4.69) is 15.4 Å². The fourth-order valence-corrected chi connectivity index (χ4v) is 2.79. The number of rotatable bonds is 4. The van der Waals surface area contributed by atoms with Crippen molar-refractivity contribution in [2.24, 2.45) is 5.10 Å². The van der Waals surface area contributed by atoms with Crippen LogP contribution in [-0.4, -0.2) is 60.8 Å². The van der Waals surface area contributed by atoms with Gasteiger partial charge in [0, 0.05) is 25.2 Å². The van der Waals surface area contributed by atoms with Gasteiger partial charge >= 0.3 is 6.18 Å². The Balaban J connectivity index is 2.19. The molecule has 1 aliphatic rings. The summed E-state index contributed by atoms with van der Waals surface area (Å²) in [5, 5.41) is 3.67. The van der Waals surface area contributed by atoms with Crippen LogP contribution in [0.1, 0.15) is 13.3 Å². The Hall–Kier alpha value is -2.06. The average molecular weight is 403 g/mol. The maximum atomic E-state index is 13.3. The standard InChI is InChI=1S/C18H22ClF3N4O/c1-13(17(27)26-9-5-8-25(2)10-11-26)12-16(18(20,21)22)24-23-15-7-4-3-6-14(15)19/h3-4,6-7,12,23H,5,8-11H2,1-2H3/b13-12+,24-16+. The molecule has 1 aromatic rings. The summed E-state index contributed by atoms with van der Waals surface area (Å²) in [7, 11) is 1.95. The second-order valence-corrected chi connectivity index (χ2v) is 6.77. The van der Waals surface area contributed by atoms with E-state index in [9.17, 15) is 18.0 Å². The number of benzene rings is 1. The molecule has 27 heavy (non-hydrogen) atoms. The zero-order valence-electron chi connectivity index (χ0n) is 15.2. The van der Waals surface area contributed by atoms with Gasteiger partial charge in [0.2, 0.25) is 5.91 Å². The number of anilines is 1. The summed E-state index contributed by atoms with van der Waals surface area (Å²) in [6.07, 6.45) is -3.17. The third kappa shape index (κ3) is 6.25. The highest BCUT2D eigenvalue weighted by Crippen LogP contribution is 2.23. The summed E-state index contributed by atoms with van der Waals surface area (Å²) < 4.78 is 40.0. The molecule has 148 valence electrons. The van der Waals surface area contributed by atoms with Crippen LogP contribution in [0.25, 0.3) is 0 Å². The van der Waals surface area contributed by atoms with Crippen molar-refractivity contribution in [3.8, 4) is 0 Å². The van der Waals surface area contributed by atoms with Gasteiger partial charge in [0.1, 0.15) is 0 Å². The Kier molecular flexibility index (Phi) is 7.26. The van der Waals surface area contributed by atoms with Crippen LogP contribution in [0.2, 0.25) is 5.02 Å². The van der Waals surface area contributed by atoms with Crippen LogP contribution in [0.15, 0.2) is 41.0 Å². The van der Waals surface area contributed by atoms with E-state index >= 15 is 0 Å². The van der Waals surface area contributed by atoms with E-state index in [4.69, 9.17) is 11.6 Å². The molecule has 0 unspecified atom stereocenters. The lowest BCUT2D eigenvalue weighted by atomic mass is 10.2. The number of nitrogens with zero attached hydrogens (tertiary/aromatic N) is 3. The van der Waals surface area contributed by atoms with Crippen molar-refractivity contribution < 1.29 is 18.0 Å². The van der Waals surface area contributed by atoms with Gasteiger partial charge in [0.25, 0.3) is 0 Å². The van der Waals surface area contributed by atoms with Gasteiger partial charge in [-0.1, -0.05) is 23.7 Å². The van der Waals surface area contributed by atoms with Gasteiger partial charge in [-0.25, -0.2) is 0 Å². The number of amides is 1. The normalized spacial score (nSPS) is 17.6. The number of nitrogens with one attached hydrogen (secondary N) is 1. The van der Waals surface area contributed by atoms with Gasteiger partial charge in [-0.2, -0.15) is 18.3 Å². The minimum Gasteiger partial charge on any atom is -0.338 e. The third-order valence-electron chi connectivity index (χ3n) is 4.16. The van der Waals surface area contributed by atoms with Crippen LogP contribution in [0, 0.1) is 0 Å². The summed E-state index contributed by atoms with van der Waals surface area (Å²) in [5.41, 5.74) is 1.35. The van der Waals surface area contributed by atoms with Gasteiger partial charge in [0.15, 0.2) is 5.71 Å². The van der Waals surface area contributed by atoms with Crippen LogP contribution >= 0.6 is 11.6 Å². The zero-order valence-corrected chi connectivity index (χ0v) is 15.9. The molecule has 1 fully saturated rings. The first kappa shape index (κ1) is 21.2. The Morgan fingerprint density at radius 3 is 2.59 bits per heavy atom. The number of allylic oxidation sites excluding steroid dienone is 1. The first-order valence-electron chi connectivity index (χ1n) is 8.50. The zero-order chi connectivity index (χ0) is 20.0. The molecule has 5 nitrogen and oxygen atoms in total. The van der Waals surface area contributed by atoms with Gasteiger partial charge in [0.05, 0.1) is 10.7 Å². The Bertz CT molecular complexity index is 734. The molecule has 2 rings (SSSR count). The van der Waals surface area contributed by atoms with E-state index in [1.807, 2.05) is 7.05 Å². The molecule has 0 radical (unpaired) electrons. The molecule has 1 N–H and O–H groups in total. The maximum absolute atomic E-state index is 13.3. The van der Waals surface area contributed by atoms with E-state index in [0.29, 0.717) is 19.6 Å². The van der Waals surface area contributed by atoms with Crippen LogP contribution in [-0.2, 0) is 4.79 Å². The average Bonchev–Trinajstić information content (AvgIpc) is 2.82. The van der Waals surface area contributed by atoms with Crippen molar-refractivity contribution in [2.75, 3.05) is 38.7 Å². The summed E-state index contributed by atoms with van der Waals surface area (Å²) in [4.78, 5) is 16.2. The summed E-state index contributed by atoms with van der Waals surface area (Å²) in [5.74, 6) is -0.417. The van der Waals surface area contributed by atoms with Crippen LogP contribution in [0.5, 0.6) is 0 Å². The van der Waals surface area contributed by atoms with Crippen molar-refractivity contribution in [3.63, 3.8) is 0 Å². The molecule has 0 saturated carbocycles. The Labute approximate surface area is 161 Å². The van der Waals surface area contributed by atoms with E-state index in [1.165, 1.54) is 19.1 Å². The SMILES string of the molecule is C/C(=C\C(=N/Nc1ccccc1Cl)C(F)(F)F)C(=O)N1CCCN(C)CC1. The first-order valence-corrected chi connectivity index (χ1v) is 8.88. The fraction of sp³-hybridized carbons (Fsp3) is 0.444. The molecular formula is C18H22ClF3N4O. The van der Waals surface area contributed by atoms with Gasteiger partial charge in [-0.15, -0.1) is 0 Å². The highest BCUT2D eigenvalue weighted by molar-refractivity contribution is 6.33. The fourth-order valence-electron chi connectivity index (χ4n) is 2.62. The number of hydrogen-bond acceptors (Lipinski definition) is 4. The number of alkyl halides is 3. The Morgan fingerprint density at radius 2 is 1.93 bits per heavy atom. The summed E-state index contributed by atoms with van der Waals surface area (Å²) in [6, 6.07) is 6.32. The van der Waals surface area contributed by atoms with Crippen LogP contribution in [0.4, 0.5) is 18.9 Å². The van der Waals surface area contributed by atoms with Crippen molar-refractivity contribution in [3.05, 3.63) is 40.9 Å². The predicted molar refractivity (Wildman–Crippen MR) is 101 cm³/mol. The molecule has 1 heterocycles. The number of likely N-dealkylation sites (N-methyl/N-ethyl adjacent to an activating group) is 1. The number of para-hydroxylation sites is 1. The number of halogens is 4.